The Morgan fingerprint density at radius 3 is 2.04 bits per heavy atom. The topological polar surface area (TPSA) is 70.1 Å². The zero-order valence-electron chi connectivity index (χ0n) is 11.7. The van der Waals surface area contributed by atoms with Gasteiger partial charge >= 0.3 is 6.18 Å². The van der Waals surface area contributed by atoms with E-state index >= 15 is 0 Å². The average Bonchev–Trinajstić information content (AvgIpc) is 2.52. The zero-order chi connectivity index (χ0) is 18.1. The predicted molar refractivity (Wildman–Crippen MR) is 83.6 cm³/mol. The Bertz CT molecular complexity index is 806. The van der Waals surface area contributed by atoms with Gasteiger partial charge in [0.2, 0.25) is 0 Å². The van der Waals surface area contributed by atoms with Crippen LogP contribution in [0.5, 0.6) is 0 Å². The van der Waals surface area contributed by atoms with E-state index in [1.165, 1.54) is 24.3 Å². The number of nitrogens with zero attached hydrogens (tertiary/aromatic N) is 2. The molecule has 2 aromatic carbocycles. The molecule has 0 aliphatic heterocycles. The monoisotopic (exact) mass is 373 g/mol. The minimum absolute atomic E-state index is 0.114. The second-order valence-electron chi connectivity index (χ2n) is 4.65. The van der Waals surface area contributed by atoms with Crippen LogP contribution >= 0.6 is 23.2 Å². The quantitative estimate of drug-likeness (QED) is 0.481. The summed E-state index contributed by atoms with van der Waals surface area (Å²) in [5.74, 6) is 4.92. The lowest BCUT2D eigenvalue weighted by molar-refractivity contribution is -0.137. The first-order chi connectivity index (χ1) is 11.1. The second kappa shape index (κ2) is 6.69. The van der Waals surface area contributed by atoms with Crippen molar-refractivity contribution in [2.45, 2.75) is 6.18 Å². The summed E-state index contributed by atoms with van der Waals surface area (Å²) in [6, 6.07) is 8.66. The molecule has 0 spiro atoms. The number of nitriles is 1. The Hall–Kier alpha value is -2.27. The number of carbonyl (C=O) groups is 1. The molecule has 0 aromatic heterocycles. The molecule has 0 bridgehead atoms. The van der Waals surface area contributed by atoms with Gasteiger partial charge < -0.3 is 0 Å². The van der Waals surface area contributed by atoms with Gasteiger partial charge in [0.15, 0.2) is 0 Å². The van der Waals surface area contributed by atoms with Crippen LogP contribution in [0.4, 0.5) is 18.9 Å². The van der Waals surface area contributed by atoms with Gasteiger partial charge in [-0.25, -0.2) is 10.9 Å². The van der Waals surface area contributed by atoms with Crippen LogP contribution in [0.15, 0.2) is 36.4 Å². The summed E-state index contributed by atoms with van der Waals surface area (Å²) in [4.78, 5) is 12.3. The number of halogens is 5. The molecule has 1 amide bonds. The number of hydrogen-bond acceptors (Lipinski definition) is 3. The van der Waals surface area contributed by atoms with Crippen molar-refractivity contribution in [2.24, 2.45) is 5.84 Å². The largest absolute Gasteiger partial charge is 0.416 e. The molecule has 2 aromatic rings. The fourth-order valence-corrected chi connectivity index (χ4v) is 2.56. The molecule has 0 saturated carbocycles. The molecule has 9 heteroatoms. The fourth-order valence-electron chi connectivity index (χ4n) is 1.89. The first-order valence-corrected chi connectivity index (χ1v) is 7.06. The highest BCUT2D eigenvalue weighted by Crippen LogP contribution is 2.39. The van der Waals surface area contributed by atoms with Crippen molar-refractivity contribution in [1.82, 2.24) is 0 Å². The number of hydrogen-bond donors (Lipinski definition) is 1. The molecule has 4 nitrogen and oxygen atoms in total. The molecule has 2 rings (SSSR count). The minimum Gasteiger partial charge on any atom is -0.267 e. The van der Waals surface area contributed by atoms with Crippen LogP contribution in [-0.4, -0.2) is 5.91 Å². The van der Waals surface area contributed by atoms with Crippen LogP contribution < -0.4 is 10.9 Å². The molecular formula is C15H8Cl2F3N3O. The van der Waals surface area contributed by atoms with Crippen molar-refractivity contribution < 1.29 is 18.0 Å². The number of alkyl halides is 3. The van der Waals surface area contributed by atoms with Gasteiger partial charge in [0.05, 0.1) is 32.9 Å². The molecule has 0 radical (unpaired) electrons. The van der Waals surface area contributed by atoms with Crippen LogP contribution in [-0.2, 0) is 6.18 Å². The molecule has 0 atom stereocenters. The van der Waals surface area contributed by atoms with Crippen molar-refractivity contribution in [2.75, 3.05) is 5.01 Å². The third-order valence-electron chi connectivity index (χ3n) is 3.06. The van der Waals surface area contributed by atoms with Gasteiger partial charge in [0.25, 0.3) is 5.91 Å². The summed E-state index contributed by atoms with van der Waals surface area (Å²) < 4.78 is 38.2. The maximum absolute atomic E-state index is 12.7. The van der Waals surface area contributed by atoms with Gasteiger partial charge in [-0.1, -0.05) is 23.2 Å². The number of carbonyl (C=O) groups excluding carboxylic acids is 1. The number of amides is 1. The van der Waals surface area contributed by atoms with Gasteiger partial charge in [0.1, 0.15) is 0 Å². The first-order valence-electron chi connectivity index (χ1n) is 6.30. The summed E-state index contributed by atoms with van der Waals surface area (Å²) in [6.07, 6.45) is -4.64. The van der Waals surface area contributed by atoms with Gasteiger partial charge in [-0.05, 0) is 36.4 Å². The number of hydrazine groups is 1. The third kappa shape index (κ3) is 3.62. The van der Waals surface area contributed by atoms with Crippen molar-refractivity contribution >= 4 is 34.8 Å². The molecule has 124 valence electrons. The summed E-state index contributed by atoms with van der Waals surface area (Å²) in [7, 11) is 0. The van der Waals surface area contributed by atoms with E-state index in [2.05, 4.69) is 0 Å². The second-order valence-corrected chi connectivity index (χ2v) is 5.46. The lowest BCUT2D eigenvalue weighted by Gasteiger charge is -2.20. The van der Waals surface area contributed by atoms with Crippen LogP contribution in [0.1, 0.15) is 21.5 Å². The van der Waals surface area contributed by atoms with E-state index in [1.807, 2.05) is 6.07 Å². The highest BCUT2D eigenvalue weighted by Gasteiger charge is 2.33. The number of rotatable bonds is 2. The normalized spacial score (nSPS) is 11.0. The highest BCUT2D eigenvalue weighted by atomic mass is 35.5. The van der Waals surface area contributed by atoms with Gasteiger partial charge in [-0.2, -0.15) is 18.4 Å². The number of nitrogens with two attached hydrogens (primary N) is 1. The van der Waals surface area contributed by atoms with Crippen molar-refractivity contribution in [3.8, 4) is 6.07 Å². The van der Waals surface area contributed by atoms with E-state index < -0.39 is 27.7 Å². The first kappa shape index (κ1) is 18.1. The molecule has 0 unspecified atom stereocenters. The molecule has 0 aliphatic rings. The zero-order valence-corrected chi connectivity index (χ0v) is 13.2. The maximum atomic E-state index is 12.7. The molecule has 24 heavy (non-hydrogen) atoms. The van der Waals surface area contributed by atoms with E-state index in [9.17, 15) is 18.0 Å². The Morgan fingerprint density at radius 2 is 1.62 bits per heavy atom. The predicted octanol–water partition coefficient (Wildman–Crippen LogP) is 4.40. The Kier molecular flexibility index (Phi) is 5.04. The average molecular weight is 374 g/mol. The number of anilines is 1. The molecule has 0 heterocycles. The van der Waals surface area contributed by atoms with Crippen LogP contribution in [0.3, 0.4) is 0 Å². The van der Waals surface area contributed by atoms with E-state index in [-0.39, 0.29) is 11.3 Å². The fraction of sp³-hybridized carbons (Fsp3) is 0.0667. The van der Waals surface area contributed by atoms with Gasteiger partial charge in [0, 0.05) is 5.56 Å². The minimum atomic E-state index is -4.64. The Labute approximate surface area is 144 Å². The van der Waals surface area contributed by atoms with E-state index in [1.54, 1.807) is 0 Å². The molecule has 0 saturated heterocycles. The van der Waals surface area contributed by atoms with Crippen LogP contribution in [0.2, 0.25) is 10.0 Å². The van der Waals surface area contributed by atoms with E-state index in [0.29, 0.717) is 22.7 Å². The third-order valence-corrected chi connectivity index (χ3v) is 3.64. The molecule has 2 N–H and O–H groups in total. The molecule has 0 fully saturated rings. The van der Waals surface area contributed by atoms with Crippen LogP contribution in [0.25, 0.3) is 0 Å². The lowest BCUT2D eigenvalue weighted by Crippen LogP contribution is -2.38. The van der Waals surface area contributed by atoms with E-state index in [4.69, 9.17) is 34.3 Å². The summed E-state index contributed by atoms with van der Waals surface area (Å²) in [6.45, 7) is 0. The summed E-state index contributed by atoms with van der Waals surface area (Å²) >= 11 is 11.6. The standard InChI is InChI=1S/C15H8Cl2F3N3O/c16-11-5-10(15(18,19)20)6-12(17)13(11)23(22)14(24)9-3-1-8(7-21)2-4-9/h1-6H,22H2. The summed E-state index contributed by atoms with van der Waals surface area (Å²) in [5, 5.41) is 8.45. The molecule has 0 aliphatic carbocycles. The Balaban J connectivity index is 2.40. The highest BCUT2D eigenvalue weighted by molar-refractivity contribution is 6.40. The SMILES string of the molecule is N#Cc1ccc(C(=O)N(N)c2c(Cl)cc(C(F)(F)F)cc2Cl)cc1. The van der Waals surface area contributed by atoms with Gasteiger partial charge in [-0.3, -0.25) is 4.79 Å². The smallest absolute Gasteiger partial charge is 0.267 e. The number of benzene rings is 2. The van der Waals surface area contributed by atoms with Crippen LogP contribution in [0, 0.1) is 11.3 Å². The van der Waals surface area contributed by atoms with Crippen molar-refractivity contribution in [3.05, 3.63) is 63.1 Å². The van der Waals surface area contributed by atoms with Crippen molar-refractivity contribution in [3.63, 3.8) is 0 Å². The van der Waals surface area contributed by atoms with Crippen molar-refractivity contribution in [1.29, 1.82) is 5.26 Å². The lowest BCUT2D eigenvalue weighted by atomic mass is 10.1. The van der Waals surface area contributed by atoms with E-state index in [0.717, 1.165) is 0 Å². The maximum Gasteiger partial charge on any atom is 0.416 e. The molecular weight excluding hydrogens is 366 g/mol. The Morgan fingerprint density at radius 1 is 1.12 bits per heavy atom. The van der Waals surface area contributed by atoms with Gasteiger partial charge in [-0.15, -0.1) is 0 Å². The summed E-state index contributed by atoms with van der Waals surface area (Å²) in [5.41, 5.74) is -0.856.